The van der Waals surface area contributed by atoms with E-state index in [-0.39, 0.29) is 5.92 Å². The summed E-state index contributed by atoms with van der Waals surface area (Å²) in [5, 5.41) is 0. The lowest BCUT2D eigenvalue weighted by Gasteiger charge is -2.35. The molecule has 4 nitrogen and oxygen atoms in total. The molecule has 2 unspecified atom stereocenters. The van der Waals surface area contributed by atoms with Crippen LogP contribution in [0.3, 0.4) is 0 Å². The highest BCUT2D eigenvalue weighted by molar-refractivity contribution is 5.80. The Morgan fingerprint density at radius 1 is 1.09 bits per heavy atom. The maximum Gasteiger partial charge on any atom is 0.228 e. The van der Waals surface area contributed by atoms with E-state index in [9.17, 15) is 4.79 Å². The average Bonchev–Trinajstić information content (AvgIpc) is 3.11. The van der Waals surface area contributed by atoms with Crippen LogP contribution in [0.2, 0.25) is 0 Å². The molecule has 1 aromatic rings. The average molecular weight is 313 g/mol. The van der Waals surface area contributed by atoms with Gasteiger partial charge >= 0.3 is 0 Å². The van der Waals surface area contributed by atoms with Crippen molar-refractivity contribution in [3.63, 3.8) is 0 Å². The molecule has 2 aliphatic heterocycles. The maximum atomic E-state index is 13.1. The number of carbonyl (C=O) groups is 1. The molecule has 1 amide bonds. The molecule has 2 fully saturated rings. The highest BCUT2D eigenvalue weighted by atomic mass is 16.2. The predicted molar refractivity (Wildman–Crippen MR) is 90.6 cm³/mol. The van der Waals surface area contributed by atoms with Crippen LogP contribution in [-0.4, -0.2) is 29.9 Å². The van der Waals surface area contributed by atoms with Gasteiger partial charge in [0.2, 0.25) is 5.91 Å². The number of carbonyl (C=O) groups excluding carboxylic acids is 1. The minimum absolute atomic E-state index is 0.100. The molecule has 0 spiro atoms. The van der Waals surface area contributed by atoms with Crippen molar-refractivity contribution in [3.05, 3.63) is 35.4 Å². The van der Waals surface area contributed by atoms with Gasteiger partial charge in [0.25, 0.3) is 0 Å². The first kappa shape index (κ1) is 15.2. The van der Waals surface area contributed by atoms with Crippen LogP contribution in [0.15, 0.2) is 24.3 Å². The van der Waals surface area contributed by atoms with Crippen molar-refractivity contribution in [1.29, 1.82) is 0 Å². The lowest BCUT2D eigenvalue weighted by atomic mass is 9.79. The van der Waals surface area contributed by atoms with Crippen molar-refractivity contribution in [1.82, 2.24) is 15.8 Å². The van der Waals surface area contributed by atoms with Gasteiger partial charge in [0.15, 0.2) is 0 Å². The van der Waals surface area contributed by atoms with Gasteiger partial charge in [-0.25, -0.2) is 0 Å². The van der Waals surface area contributed by atoms with Crippen LogP contribution >= 0.6 is 0 Å². The van der Waals surface area contributed by atoms with Crippen molar-refractivity contribution < 1.29 is 4.79 Å². The van der Waals surface area contributed by atoms with Crippen LogP contribution in [0, 0.1) is 11.8 Å². The molecule has 4 heteroatoms. The van der Waals surface area contributed by atoms with Crippen LogP contribution in [0.25, 0.3) is 0 Å². The van der Waals surface area contributed by atoms with Crippen molar-refractivity contribution >= 4 is 5.91 Å². The molecule has 1 saturated heterocycles. The largest absolute Gasteiger partial charge is 0.338 e. The summed E-state index contributed by atoms with van der Waals surface area (Å²) >= 11 is 0. The smallest absolute Gasteiger partial charge is 0.228 e. The van der Waals surface area contributed by atoms with E-state index in [1.807, 2.05) is 0 Å². The van der Waals surface area contributed by atoms with Gasteiger partial charge in [-0.05, 0) is 36.3 Å². The van der Waals surface area contributed by atoms with Gasteiger partial charge < -0.3 is 4.90 Å². The second-order valence-corrected chi connectivity index (χ2v) is 7.33. The van der Waals surface area contributed by atoms with Crippen molar-refractivity contribution in [2.75, 3.05) is 13.1 Å². The maximum absolute atomic E-state index is 13.1. The summed E-state index contributed by atoms with van der Waals surface area (Å²) in [5.74, 6) is 1.10. The highest BCUT2D eigenvalue weighted by Crippen LogP contribution is 2.32. The fourth-order valence-corrected chi connectivity index (χ4v) is 4.61. The van der Waals surface area contributed by atoms with Crippen LogP contribution < -0.4 is 10.9 Å². The fourth-order valence-electron chi connectivity index (χ4n) is 4.61. The molecule has 2 heterocycles. The lowest BCUT2D eigenvalue weighted by Crippen LogP contribution is -2.47. The molecule has 0 aromatic heterocycles. The first-order valence-electron chi connectivity index (χ1n) is 9.17. The topological polar surface area (TPSA) is 44.4 Å². The summed E-state index contributed by atoms with van der Waals surface area (Å²) in [6, 6.07) is 8.86. The Hall–Kier alpha value is -1.39. The van der Waals surface area contributed by atoms with Gasteiger partial charge in [0.1, 0.15) is 0 Å². The van der Waals surface area contributed by atoms with E-state index in [0.717, 1.165) is 26.1 Å². The summed E-state index contributed by atoms with van der Waals surface area (Å²) in [7, 11) is 0. The molecule has 3 aliphatic rings. The summed E-state index contributed by atoms with van der Waals surface area (Å²) in [6.45, 7) is 2.42. The third-order valence-electron chi connectivity index (χ3n) is 5.94. The van der Waals surface area contributed by atoms with Gasteiger partial charge in [-0.15, -0.1) is 0 Å². The molecular weight excluding hydrogens is 286 g/mol. The third-order valence-corrected chi connectivity index (χ3v) is 5.94. The molecule has 124 valence electrons. The number of nitrogens with zero attached hydrogens (tertiary/aromatic N) is 1. The number of nitrogens with one attached hydrogen (secondary N) is 2. The number of benzene rings is 1. The Morgan fingerprint density at radius 2 is 1.87 bits per heavy atom. The van der Waals surface area contributed by atoms with Gasteiger partial charge in [-0.2, -0.15) is 0 Å². The number of hydrogen-bond acceptors (Lipinski definition) is 3. The number of hydrogen-bond donors (Lipinski definition) is 2. The molecule has 1 aromatic carbocycles. The Kier molecular flexibility index (Phi) is 4.36. The zero-order valence-electron chi connectivity index (χ0n) is 13.8. The van der Waals surface area contributed by atoms with Crippen LogP contribution in [0.1, 0.15) is 43.2 Å². The van der Waals surface area contributed by atoms with Crippen LogP contribution in [-0.2, 0) is 17.8 Å². The second-order valence-electron chi connectivity index (χ2n) is 7.33. The van der Waals surface area contributed by atoms with Crippen molar-refractivity contribution in [2.24, 2.45) is 11.8 Å². The standard InChI is InChI=1S/C19H27N3O/c23-19(22-11-10-14-6-4-5-9-16(14)13-22)17-12-20-21-18(17)15-7-2-1-3-8-15/h4-6,9,15,17-18,20-21H,1-3,7-8,10-13H2. The van der Waals surface area contributed by atoms with Gasteiger partial charge in [0.05, 0.1) is 5.92 Å². The monoisotopic (exact) mass is 313 g/mol. The molecular formula is C19H27N3O. The first-order chi connectivity index (χ1) is 11.3. The number of hydrazine groups is 1. The van der Waals surface area contributed by atoms with Crippen LogP contribution in [0.5, 0.6) is 0 Å². The van der Waals surface area contributed by atoms with E-state index in [1.165, 1.54) is 43.2 Å². The highest BCUT2D eigenvalue weighted by Gasteiger charge is 2.40. The zero-order chi connectivity index (χ0) is 15.6. The molecule has 4 rings (SSSR count). The van der Waals surface area contributed by atoms with E-state index in [1.54, 1.807) is 0 Å². The minimum atomic E-state index is 0.100. The first-order valence-corrected chi connectivity index (χ1v) is 9.17. The molecule has 2 atom stereocenters. The zero-order valence-corrected chi connectivity index (χ0v) is 13.8. The number of fused-ring (bicyclic) bond motifs is 1. The summed E-state index contributed by atoms with van der Waals surface area (Å²) in [6.07, 6.45) is 7.53. The Balaban J connectivity index is 1.46. The van der Waals surface area contributed by atoms with E-state index < -0.39 is 0 Å². The predicted octanol–water partition coefficient (Wildman–Crippen LogP) is 2.24. The SMILES string of the molecule is O=C(C1CNNC1C1CCCCC1)N1CCc2ccccc2C1. The summed E-state index contributed by atoms with van der Waals surface area (Å²) in [4.78, 5) is 15.2. The Bertz CT molecular complexity index is 567. The number of rotatable bonds is 2. The molecule has 1 aliphatic carbocycles. The second kappa shape index (κ2) is 6.62. The molecule has 1 saturated carbocycles. The molecule has 23 heavy (non-hydrogen) atoms. The van der Waals surface area contributed by atoms with E-state index in [4.69, 9.17) is 0 Å². The van der Waals surface area contributed by atoms with E-state index >= 15 is 0 Å². The van der Waals surface area contributed by atoms with Crippen molar-refractivity contribution in [3.8, 4) is 0 Å². The minimum Gasteiger partial charge on any atom is -0.338 e. The third kappa shape index (κ3) is 3.02. The van der Waals surface area contributed by atoms with Gasteiger partial charge in [-0.3, -0.25) is 15.6 Å². The normalized spacial score (nSPS) is 28.6. The summed E-state index contributed by atoms with van der Waals surface area (Å²) < 4.78 is 0. The molecule has 2 N–H and O–H groups in total. The van der Waals surface area contributed by atoms with Crippen LogP contribution in [0.4, 0.5) is 0 Å². The van der Waals surface area contributed by atoms with Crippen molar-refractivity contribution in [2.45, 2.75) is 51.1 Å². The Morgan fingerprint density at radius 3 is 2.70 bits per heavy atom. The number of amides is 1. The quantitative estimate of drug-likeness (QED) is 0.880. The van der Waals surface area contributed by atoms with Gasteiger partial charge in [-0.1, -0.05) is 43.5 Å². The molecule has 0 bridgehead atoms. The Labute approximate surface area is 138 Å². The fraction of sp³-hybridized carbons (Fsp3) is 0.632. The summed E-state index contributed by atoms with van der Waals surface area (Å²) in [5.41, 5.74) is 9.40. The van der Waals surface area contributed by atoms with E-state index in [0.29, 0.717) is 17.9 Å². The van der Waals surface area contributed by atoms with Gasteiger partial charge in [0, 0.05) is 25.7 Å². The van der Waals surface area contributed by atoms with E-state index in [2.05, 4.69) is 40.0 Å². The lowest BCUT2D eigenvalue weighted by molar-refractivity contribution is -0.136. The molecule has 0 radical (unpaired) electrons.